The van der Waals surface area contributed by atoms with Crippen molar-refractivity contribution in [2.24, 2.45) is 0 Å². The Labute approximate surface area is 180 Å². The third-order valence-corrected chi connectivity index (χ3v) is 5.92. The lowest BCUT2D eigenvalue weighted by molar-refractivity contribution is -0.122. The van der Waals surface area contributed by atoms with Crippen LogP contribution in [0.25, 0.3) is 10.9 Å². The molecule has 0 radical (unpaired) electrons. The number of hydrogen-bond acceptors (Lipinski definition) is 2. The van der Waals surface area contributed by atoms with E-state index in [1.165, 1.54) is 0 Å². The Bertz CT molecular complexity index is 1280. The van der Waals surface area contributed by atoms with E-state index in [1.54, 1.807) is 4.90 Å². The predicted octanol–water partition coefficient (Wildman–Crippen LogP) is 4.34. The van der Waals surface area contributed by atoms with Crippen LogP contribution in [0.5, 0.6) is 0 Å². The Morgan fingerprint density at radius 1 is 0.968 bits per heavy atom. The van der Waals surface area contributed by atoms with Crippen LogP contribution in [0.3, 0.4) is 0 Å². The van der Waals surface area contributed by atoms with Gasteiger partial charge in [0.15, 0.2) is 0 Å². The van der Waals surface area contributed by atoms with Crippen molar-refractivity contribution >= 4 is 22.7 Å². The topological polar surface area (TPSA) is 65.2 Å². The van der Waals surface area contributed by atoms with Crippen LogP contribution < -0.4 is 5.32 Å². The van der Waals surface area contributed by atoms with Gasteiger partial charge in [0.1, 0.15) is 6.54 Å². The number of benzene rings is 3. The van der Waals surface area contributed by atoms with E-state index < -0.39 is 0 Å². The highest BCUT2D eigenvalue weighted by Gasteiger charge is 2.40. The van der Waals surface area contributed by atoms with Gasteiger partial charge < -0.3 is 15.2 Å². The molecule has 0 spiro atoms. The number of nitrogens with one attached hydrogen (secondary N) is 2. The van der Waals surface area contributed by atoms with Gasteiger partial charge in [0, 0.05) is 34.3 Å². The summed E-state index contributed by atoms with van der Waals surface area (Å²) in [6.45, 7) is 2.46. The number of rotatable bonds is 5. The smallest absolute Gasteiger partial charge is 0.255 e. The summed E-state index contributed by atoms with van der Waals surface area (Å²) in [6, 6.07) is 25.2. The highest BCUT2D eigenvalue weighted by Crippen LogP contribution is 2.42. The average molecular weight is 409 g/mol. The van der Waals surface area contributed by atoms with Gasteiger partial charge in [-0.05, 0) is 30.2 Å². The van der Waals surface area contributed by atoms with Crippen molar-refractivity contribution in [1.82, 2.24) is 15.2 Å². The molecule has 0 saturated heterocycles. The normalized spacial score (nSPS) is 15.3. The number of para-hydroxylation sites is 1. The van der Waals surface area contributed by atoms with Crippen LogP contribution in [0.1, 0.15) is 38.8 Å². The van der Waals surface area contributed by atoms with Gasteiger partial charge in [0.05, 0.1) is 6.04 Å². The SMILES string of the molecule is Cc1[nH]c2ccccc2c1[C@H]1c2ccccc2C(=O)N1CC(=O)NCc1ccccc1. The number of carbonyl (C=O) groups excluding carboxylic acids is 2. The number of nitrogens with zero attached hydrogens (tertiary/aromatic N) is 1. The Hall–Kier alpha value is -3.86. The van der Waals surface area contributed by atoms with Crippen LogP contribution in [-0.2, 0) is 11.3 Å². The lowest BCUT2D eigenvalue weighted by Gasteiger charge is -2.25. The molecule has 2 amide bonds. The quantitative estimate of drug-likeness (QED) is 0.515. The summed E-state index contributed by atoms with van der Waals surface area (Å²) in [5.41, 5.74) is 5.70. The fourth-order valence-corrected chi connectivity index (χ4v) is 4.50. The molecule has 3 aromatic carbocycles. The summed E-state index contributed by atoms with van der Waals surface area (Å²) in [5, 5.41) is 4.02. The van der Waals surface area contributed by atoms with E-state index in [0.717, 1.165) is 33.3 Å². The molecular weight excluding hydrogens is 386 g/mol. The van der Waals surface area contributed by atoms with E-state index in [-0.39, 0.29) is 24.4 Å². The molecule has 1 aromatic heterocycles. The maximum atomic E-state index is 13.3. The third kappa shape index (κ3) is 3.38. The molecule has 31 heavy (non-hydrogen) atoms. The summed E-state index contributed by atoms with van der Waals surface area (Å²) >= 11 is 0. The minimum Gasteiger partial charge on any atom is -0.358 e. The number of fused-ring (bicyclic) bond motifs is 2. The second-order valence-electron chi connectivity index (χ2n) is 7.89. The molecule has 5 rings (SSSR count). The third-order valence-electron chi connectivity index (χ3n) is 5.92. The lowest BCUT2D eigenvalue weighted by atomic mass is 9.95. The molecule has 0 fully saturated rings. The molecule has 4 aromatic rings. The molecule has 1 aliphatic heterocycles. The van der Waals surface area contributed by atoms with Crippen molar-refractivity contribution in [2.45, 2.75) is 19.5 Å². The van der Waals surface area contributed by atoms with Crippen LogP contribution in [-0.4, -0.2) is 28.2 Å². The Morgan fingerprint density at radius 2 is 1.68 bits per heavy atom. The van der Waals surface area contributed by atoms with Crippen molar-refractivity contribution < 1.29 is 9.59 Å². The number of hydrogen-bond donors (Lipinski definition) is 2. The lowest BCUT2D eigenvalue weighted by Crippen LogP contribution is -2.39. The van der Waals surface area contributed by atoms with Crippen LogP contribution in [0.2, 0.25) is 0 Å². The van der Waals surface area contributed by atoms with Gasteiger partial charge in [-0.3, -0.25) is 9.59 Å². The Kier molecular flexibility index (Phi) is 4.79. The number of aromatic nitrogens is 1. The fourth-order valence-electron chi connectivity index (χ4n) is 4.50. The van der Waals surface area contributed by atoms with Crippen molar-refractivity contribution in [3.05, 3.63) is 107 Å². The number of H-pyrrole nitrogens is 1. The molecular formula is C26H23N3O2. The molecule has 0 saturated carbocycles. The number of carbonyl (C=O) groups is 2. The zero-order chi connectivity index (χ0) is 21.4. The molecule has 0 unspecified atom stereocenters. The van der Waals surface area contributed by atoms with Gasteiger partial charge >= 0.3 is 0 Å². The summed E-state index contributed by atoms with van der Waals surface area (Å²) in [6.07, 6.45) is 0. The summed E-state index contributed by atoms with van der Waals surface area (Å²) in [7, 11) is 0. The van der Waals surface area contributed by atoms with Gasteiger partial charge in [-0.25, -0.2) is 0 Å². The molecule has 1 atom stereocenters. The van der Waals surface area contributed by atoms with E-state index in [2.05, 4.69) is 16.4 Å². The largest absolute Gasteiger partial charge is 0.358 e. The van der Waals surface area contributed by atoms with Crippen LogP contribution in [0.4, 0.5) is 0 Å². The van der Waals surface area contributed by atoms with E-state index >= 15 is 0 Å². The second kappa shape index (κ2) is 7.76. The zero-order valence-corrected chi connectivity index (χ0v) is 17.3. The first-order valence-electron chi connectivity index (χ1n) is 10.4. The molecule has 0 aliphatic carbocycles. The fraction of sp³-hybridized carbons (Fsp3) is 0.154. The predicted molar refractivity (Wildman–Crippen MR) is 121 cm³/mol. The molecule has 2 heterocycles. The number of aryl methyl sites for hydroxylation is 1. The maximum Gasteiger partial charge on any atom is 0.255 e. The van der Waals surface area contributed by atoms with Gasteiger partial charge in [-0.1, -0.05) is 66.7 Å². The van der Waals surface area contributed by atoms with E-state index in [1.807, 2.05) is 79.7 Å². The standard InChI is InChI=1S/C26H23N3O2/c1-17-24(21-13-7-8-14-22(21)28-17)25-19-11-5-6-12-20(19)26(31)29(25)16-23(30)27-15-18-9-3-2-4-10-18/h2-14,25,28H,15-16H2,1H3,(H,27,30)/t25-/m1/s1. The first kappa shape index (κ1) is 19.1. The Balaban J connectivity index is 1.49. The highest BCUT2D eigenvalue weighted by atomic mass is 16.2. The summed E-state index contributed by atoms with van der Waals surface area (Å²) < 4.78 is 0. The minimum atomic E-state index is -0.303. The van der Waals surface area contributed by atoms with Crippen molar-refractivity contribution in [2.75, 3.05) is 6.54 Å². The van der Waals surface area contributed by atoms with Gasteiger partial charge in [-0.2, -0.15) is 0 Å². The summed E-state index contributed by atoms with van der Waals surface area (Å²) in [4.78, 5) is 31.2. The second-order valence-corrected chi connectivity index (χ2v) is 7.89. The zero-order valence-electron chi connectivity index (χ0n) is 17.3. The average Bonchev–Trinajstić information content (AvgIpc) is 3.26. The molecule has 5 nitrogen and oxygen atoms in total. The van der Waals surface area contributed by atoms with Crippen molar-refractivity contribution in [3.8, 4) is 0 Å². The van der Waals surface area contributed by atoms with E-state index in [9.17, 15) is 9.59 Å². The molecule has 5 heteroatoms. The first-order chi connectivity index (χ1) is 15.1. The molecule has 2 N–H and O–H groups in total. The van der Waals surface area contributed by atoms with Crippen LogP contribution >= 0.6 is 0 Å². The minimum absolute atomic E-state index is 0.00393. The van der Waals surface area contributed by atoms with E-state index in [0.29, 0.717) is 12.1 Å². The van der Waals surface area contributed by atoms with Crippen molar-refractivity contribution in [3.63, 3.8) is 0 Å². The maximum absolute atomic E-state index is 13.3. The summed E-state index contributed by atoms with van der Waals surface area (Å²) in [5.74, 6) is -0.285. The van der Waals surface area contributed by atoms with Gasteiger partial charge in [0.25, 0.3) is 5.91 Å². The van der Waals surface area contributed by atoms with Crippen LogP contribution in [0, 0.1) is 6.92 Å². The molecule has 0 bridgehead atoms. The Morgan fingerprint density at radius 3 is 2.52 bits per heavy atom. The monoisotopic (exact) mass is 409 g/mol. The van der Waals surface area contributed by atoms with Crippen LogP contribution in [0.15, 0.2) is 78.9 Å². The van der Waals surface area contributed by atoms with Gasteiger partial charge in [0.2, 0.25) is 5.91 Å². The van der Waals surface area contributed by atoms with E-state index in [4.69, 9.17) is 0 Å². The van der Waals surface area contributed by atoms with Gasteiger partial charge in [-0.15, -0.1) is 0 Å². The van der Waals surface area contributed by atoms with Crippen molar-refractivity contribution in [1.29, 1.82) is 0 Å². The highest BCUT2D eigenvalue weighted by molar-refractivity contribution is 6.02. The number of amides is 2. The first-order valence-corrected chi connectivity index (χ1v) is 10.4. The number of aromatic amines is 1. The molecule has 154 valence electrons. The molecule has 1 aliphatic rings.